The molecule has 2 N–H and O–H groups in total. The lowest BCUT2D eigenvalue weighted by atomic mass is 9.94. The summed E-state index contributed by atoms with van der Waals surface area (Å²) in [6.07, 6.45) is 4.24. The van der Waals surface area contributed by atoms with Crippen molar-refractivity contribution in [2.45, 2.75) is 46.5 Å². The third-order valence-electron chi connectivity index (χ3n) is 4.74. The zero-order chi connectivity index (χ0) is 17.8. The van der Waals surface area contributed by atoms with Crippen molar-refractivity contribution in [2.24, 2.45) is 10.9 Å². The molecule has 1 rings (SSSR count). The van der Waals surface area contributed by atoms with Crippen molar-refractivity contribution in [2.75, 3.05) is 52.9 Å². The zero-order valence-corrected chi connectivity index (χ0v) is 16.1. The molecule has 0 aromatic rings. The van der Waals surface area contributed by atoms with Gasteiger partial charge in [-0.15, -0.1) is 0 Å². The molecule has 6 nitrogen and oxygen atoms in total. The predicted octanol–water partition coefficient (Wildman–Crippen LogP) is 1.53. The number of guanidine groups is 1. The largest absolute Gasteiger partial charge is 0.357 e. The van der Waals surface area contributed by atoms with Crippen LogP contribution in [0.4, 0.5) is 0 Å². The summed E-state index contributed by atoms with van der Waals surface area (Å²) in [7, 11) is 2.20. The summed E-state index contributed by atoms with van der Waals surface area (Å²) in [6, 6.07) is 0. The van der Waals surface area contributed by atoms with Crippen molar-refractivity contribution >= 4 is 11.9 Å². The Morgan fingerprint density at radius 3 is 2.42 bits per heavy atom. The van der Waals surface area contributed by atoms with Crippen LogP contribution in [0, 0.1) is 5.92 Å². The molecule has 0 aromatic heterocycles. The molecule has 1 aliphatic rings. The third-order valence-corrected chi connectivity index (χ3v) is 4.74. The van der Waals surface area contributed by atoms with Crippen LogP contribution in [0.5, 0.6) is 0 Å². The van der Waals surface area contributed by atoms with Crippen LogP contribution in [0.15, 0.2) is 4.99 Å². The monoisotopic (exact) mass is 339 g/mol. The van der Waals surface area contributed by atoms with Crippen LogP contribution >= 0.6 is 0 Å². The second-order valence-corrected chi connectivity index (χ2v) is 6.54. The summed E-state index contributed by atoms with van der Waals surface area (Å²) in [4.78, 5) is 20.9. The number of rotatable bonds is 9. The minimum atomic E-state index is 0.203. The highest BCUT2D eigenvalue weighted by Crippen LogP contribution is 2.19. The van der Waals surface area contributed by atoms with Crippen molar-refractivity contribution < 1.29 is 4.79 Å². The Labute approximate surface area is 148 Å². The van der Waals surface area contributed by atoms with E-state index in [-0.39, 0.29) is 5.91 Å². The Bertz CT molecular complexity index is 374. The summed E-state index contributed by atoms with van der Waals surface area (Å²) in [5.74, 6) is 1.84. The van der Waals surface area contributed by atoms with Gasteiger partial charge in [0.15, 0.2) is 5.96 Å². The van der Waals surface area contributed by atoms with Crippen LogP contribution in [-0.2, 0) is 4.79 Å². The number of nitrogens with zero attached hydrogens (tertiary/aromatic N) is 3. The average molecular weight is 340 g/mol. The fraction of sp³-hybridized carbons (Fsp3) is 0.889. The number of likely N-dealkylation sites (tertiary alicyclic amines) is 1. The molecule has 0 unspecified atom stereocenters. The van der Waals surface area contributed by atoms with Crippen LogP contribution in [0.2, 0.25) is 0 Å². The number of aliphatic imine (C=N–C) groups is 1. The number of hydrogen-bond donors (Lipinski definition) is 2. The maximum Gasteiger partial charge on any atom is 0.224 e. The molecule has 1 fully saturated rings. The number of hydrogen-bond acceptors (Lipinski definition) is 3. The Morgan fingerprint density at radius 2 is 1.83 bits per heavy atom. The van der Waals surface area contributed by atoms with Crippen molar-refractivity contribution in [3.05, 3.63) is 0 Å². The minimum Gasteiger partial charge on any atom is -0.357 e. The van der Waals surface area contributed by atoms with Crippen molar-refractivity contribution in [3.63, 3.8) is 0 Å². The Balaban J connectivity index is 2.30. The zero-order valence-electron chi connectivity index (χ0n) is 16.1. The molecule has 0 aliphatic carbocycles. The smallest absolute Gasteiger partial charge is 0.224 e. The van der Waals surface area contributed by atoms with Gasteiger partial charge >= 0.3 is 0 Å². The van der Waals surface area contributed by atoms with Gasteiger partial charge in [0.05, 0.1) is 0 Å². The number of carbonyl (C=O) groups excluding carboxylic acids is 1. The molecule has 0 spiro atoms. The number of amides is 1. The van der Waals surface area contributed by atoms with E-state index < -0.39 is 0 Å². The molecule has 1 saturated heterocycles. The topological polar surface area (TPSA) is 60.0 Å². The van der Waals surface area contributed by atoms with Crippen molar-refractivity contribution in [3.8, 4) is 0 Å². The van der Waals surface area contributed by atoms with Crippen LogP contribution in [0.25, 0.3) is 0 Å². The van der Waals surface area contributed by atoms with Gasteiger partial charge in [0, 0.05) is 39.1 Å². The average Bonchev–Trinajstić information content (AvgIpc) is 2.58. The molecule has 1 amide bonds. The van der Waals surface area contributed by atoms with Crippen molar-refractivity contribution in [1.82, 2.24) is 20.4 Å². The SMILES string of the molecule is CCNC(=NCCC1CCN(C)CC1)NCCC(=O)N(CC)CC. The summed E-state index contributed by atoms with van der Waals surface area (Å²) in [5.41, 5.74) is 0. The van der Waals surface area contributed by atoms with Gasteiger partial charge in [-0.05, 0) is 66.1 Å². The van der Waals surface area contributed by atoms with Crippen molar-refractivity contribution in [1.29, 1.82) is 0 Å². The molecule has 0 saturated carbocycles. The van der Waals surface area contributed by atoms with Gasteiger partial charge in [0.25, 0.3) is 0 Å². The van der Waals surface area contributed by atoms with Gasteiger partial charge in [-0.1, -0.05) is 0 Å². The summed E-state index contributed by atoms with van der Waals surface area (Å²) in [5, 5.41) is 6.55. The Morgan fingerprint density at radius 1 is 1.17 bits per heavy atom. The van der Waals surface area contributed by atoms with Crippen LogP contribution in [-0.4, -0.2) is 74.5 Å². The summed E-state index contributed by atoms with van der Waals surface area (Å²) in [6.45, 7) is 12.4. The highest BCUT2D eigenvalue weighted by Gasteiger charge is 2.16. The lowest BCUT2D eigenvalue weighted by Crippen LogP contribution is -2.40. The fourth-order valence-electron chi connectivity index (χ4n) is 3.07. The van der Waals surface area contributed by atoms with Crippen LogP contribution < -0.4 is 10.6 Å². The molecule has 1 heterocycles. The molecule has 140 valence electrons. The first-order valence-corrected chi connectivity index (χ1v) is 9.59. The number of piperidine rings is 1. The quantitative estimate of drug-likeness (QED) is 0.494. The van der Waals surface area contributed by atoms with Gasteiger partial charge < -0.3 is 20.4 Å². The van der Waals surface area contributed by atoms with E-state index in [9.17, 15) is 4.79 Å². The molecule has 6 heteroatoms. The molecule has 1 aliphatic heterocycles. The molecule has 24 heavy (non-hydrogen) atoms. The van der Waals surface area contributed by atoms with E-state index in [1.807, 2.05) is 18.7 Å². The van der Waals surface area contributed by atoms with Crippen LogP contribution in [0.1, 0.15) is 46.5 Å². The first kappa shape index (κ1) is 20.7. The van der Waals surface area contributed by atoms with Gasteiger partial charge in [0.2, 0.25) is 5.91 Å². The van der Waals surface area contributed by atoms with E-state index >= 15 is 0 Å². The minimum absolute atomic E-state index is 0.203. The molecular formula is C18H37N5O. The van der Waals surface area contributed by atoms with E-state index in [4.69, 9.17) is 0 Å². The lowest BCUT2D eigenvalue weighted by Gasteiger charge is -2.28. The van der Waals surface area contributed by atoms with E-state index in [0.29, 0.717) is 13.0 Å². The second-order valence-electron chi connectivity index (χ2n) is 6.54. The standard InChI is InChI=1S/C18H37N5O/c1-5-19-18(21-13-9-17(24)23(6-2)7-3)20-12-8-16-10-14-22(4)15-11-16/h16H,5-15H2,1-4H3,(H2,19,20,21). The number of carbonyl (C=O) groups is 1. The van der Waals surface area contributed by atoms with Gasteiger partial charge in [-0.2, -0.15) is 0 Å². The number of nitrogens with one attached hydrogen (secondary N) is 2. The van der Waals surface area contributed by atoms with E-state index in [2.05, 4.69) is 34.5 Å². The third kappa shape index (κ3) is 7.99. The Kier molecular flexibility index (Phi) is 10.5. The Hall–Kier alpha value is -1.30. The molecule has 0 atom stereocenters. The van der Waals surface area contributed by atoms with E-state index in [1.54, 1.807) is 0 Å². The van der Waals surface area contributed by atoms with Gasteiger partial charge in [-0.3, -0.25) is 9.79 Å². The normalized spacial score (nSPS) is 16.9. The first-order valence-electron chi connectivity index (χ1n) is 9.59. The highest BCUT2D eigenvalue weighted by molar-refractivity contribution is 5.81. The molecule has 0 aromatic carbocycles. The van der Waals surface area contributed by atoms with Gasteiger partial charge in [-0.25, -0.2) is 0 Å². The summed E-state index contributed by atoms with van der Waals surface area (Å²) < 4.78 is 0. The molecule has 0 bridgehead atoms. The van der Waals surface area contributed by atoms with E-state index in [0.717, 1.165) is 44.5 Å². The van der Waals surface area contributed by atoms with Gasteiger partial charge in [0.1, 0.15) is 0 Å². The summed E-state index contributed by atoms with van der Waals surface area (Å²) >= 11 is 0. The van der Waals surface area contributed by atoms with E-state index in [1.165, 1.54) is 25.9 Å². The second kappa shape index (κ2) is 12.1. The first-order chi connectivity index (χ1) is 11.6. The highest BCUT2D eigenvalue weighted by atomic mass is 16.2. The van der Waals surface area contributed by atoms with Crippen LogP contribution in [0.3, 0.4) is 0 Å². The lowest BCUT2D eigenvalue weighted by molar-refractivity contribution is -0.130. The predicted molar refractivity (Wildman–Crippen MR) is 101 cm³/mol. The molecule has 0 radical (unpaired) electrons. The fourth-order valence-corrected chi connectivity index (χ4v) is 3.07. The maximum absolute atomic E-state index is 12.0. The molecular weight excluding hydrogens is 302 g/mol. The maximum atomic E-state index is 12.0.